The number of amides is 1. The van der Waals surface area contributed by atoms with Crippen LogP contribution in [0.1, 0.15) is 30.0 Å². The van der Waals surface area contributed by atoms with E-state index in [1.165, 1.54) is 0 Å². The summed E-state index contributed by atoms with van der Waals surface area (Å²) in [5, 5.41) is 12.7. The maximum Gasteiger partial charge on any atom is 0.305 e. The lowest BCUT2D eigenvalue weighted by Crippen LogP contribution is -2.32. The first kappa shape index (κ1) is 15.9. The quantitative estimate of drug-likeness (QED) is 0.496. The fourth-order valence-electron chi connectivity index (χ4n) is 2.83. The lowest BCUT2D eigenvalue weighted by atomic mass is 10.00. The molecular formula is C15H18N4O3. The molecule has 1 aromatic carbocycles. The van der Waals surface area contributed by atoms with Gasteiger partial charge in [-0.3, -0.25) is 9.59 Å². The average Bonchev–Trinajstić information content (AvgIpc) is 2.83. The number of rotatable bonds is 6. The number of likely N-dealkylation sites (tertiary alicyclic amines) is 1. The van der Waals surface area contributed by atoms with Crippen LogP contribution in [0, 0.1) is 12.8 Å². The molecule has 1 amide bonds. The molecule has 0 aliphatic carbocycles. The van der Waals surface area contributed by atoms with Crippen LogP contribution in [0.25, 0.3) is 10.4 Å². The largest absolute Gasteiger partial charge is 0.481 e. The van der Waals surface area contributed by atoms with Crippen molar-refractivity contribution >= 4 is 11.9 Å². The monoisotopic (exact) mass is 302 g/mol. The summed E-state index contributed by atoms with van der Waals surface area (Å²) < 4.78 is 0. The second-order valence-electron chi connectivity index (χ2n) is 5.56. The van der Waals surface area contributed by atoms with E-state index < -0.39 is 12.0 Å². The number of hydrogen-bond acceptors (Lipinski definition) is 3. The molecule has 7 nitrogen and oxygen atoms in total. The van der Waals surface area contributed by atoms with Crippen LogP contribution in [0.2, 0.25) is 0 Å². The summed E-state index contributed by atoms with van der Waals surface area (Å²) in [6, 6.07) is 7.05. The molecule has 0 aromatic heterocycles. The van der Waals surface area contributed by atoms with Crippen LogP contribution in [0.3, 0.4) is 0 Å². The summed E-state index contributed by atoms with van der Waals surface area (Å²) >= 11 is 0. The third kappa shape index (κ3) is 3.77. The van der Waals surface area contributed by atoms with E-state index in [-0.39, 0.29) is 24.8 Å². The van der Waals surface area contributed by atoms with Gasteiger partial charge in [-0.15, -0.1) is 0 Å². The Morgan fingerprint density at radius 3 is 3.00 bits per heavy atom. The standard InChI is InChI=1S/C15H18N4O3/c1-10-3-2-4-12(5-10)13(7-15(21)22)19-9-11(6-14(19)20)8-17-18-16/h2-5,11,13H,6-9H2,1H3,(H,21,22). The first-order chi connectivity index (χ1) is 10.5. The molecule has 0 radical (unpaired) electrons. The highest BCUT2D eigenvalue weighted by molar-refractivity contribution is 5.80. The molecule has 1 heterocycles. The van der Waals surface area contributed by atoms with Crippen molar-refractivity contribution in [2.45, 2.75) is 25.8 Å². The molecule has 116 valence electrons. The molecular weight excluding hydrogens is 284 g/mol. The van der Waals surface area contributed by atoms with E-state index >= 15 is 0 Å². The van der Waals surface area contributed by atoms with Crippen molar-refractivity contribution < 1.29 is 14.7 Å². The van der Waals surface area contributed by atoms with Gasteiger partial charge in [-0.25, -0.2) is 0 Å². The fourth-order valence-corrected chi connectivity index (χ4v) is 2.83. The van der Waals surface area contributed by atoms with E-state index in [0.29, 0.717) is 13.0 Å². The van der Waals surface area contributed by atoms with Gasteiger partial charge in [0.05, 0.1) is 12.5 Å². The molecule has 2 rings (SSSR count). The summed E-state index contributed by atoms with van der Waals surface area (Å²) in [5.74, 6) is -1.09. The first-order valence-electron chi connectivity index (χ1n) is 7.10. The Morgan fingerprint density at radius 2 is 2.36 bits per heavy atom. The SMILES string of the molecule is Cc1cccc(C(CC(=O)O)N2CC(CN=[N+]=[N-])CC2=O)c1. The number of azide groups is 1. The molecule has 2 unspecified atom stereocenters. The van der Waals surface area contributed by atoms with Crippen LogP contribution < -0.4 is 0 Å². The third-order valence-corrected chi connectivity index (χ3v) is 3.81. The van der Waals surface area contributed by atoms with E-state index in [9.17, 15) is 9.59 Å². The number of benzene rings is 1. The van der Waals surface area contributed by atoms with Gasteiger partial charge in [0.25, 0.3) is 0 Å². The van der Waals surface area contributed by atoms with Crippen molar-refractivity contribution in [1.29, 1.82) is 0 Å². The second-order valence-corrected chi connectivity index (χ2v) is 5.56. The van der Waals surface area contributed by atoms with E-state index in [1.807, 2.05) is 31.2 Å². The molecule has 0 spiro atoms. The second kappa shape index (κ2) is 6.95. The number of aliphatic carboxylic acids is 1. The van der Waals surface area contributed by atoms with Crippen LogP contribution in [0.4, 0.5) is 0 Å². The Morgan fingerprint density at radius 1 is 1.59 bits per heavy atom. The van der Waals surface area contributed by atoms with Crippen LogP contribution >= 0.6 is 0 Å². The topological polar surface area (TPSA) is 106 Å². The summed E-state index contributed by atoms with van der Waals surface area (Å²) in [4.78, 5) is 27.7. The predicted octanol–water partition coefficient (Wildman–Crippen LogP) is 2.67. The van der Waals surface area contributed by atoms with E-state index in [0.717, 1.165) is 11.1 Å². The molecule has 0 saturated carbocycles. The average molecular weight is 302 g/mol. The number of carboxylic acid groups (broad SMARTS) is 1. The Bertz CT molecular complexity index is 625. The maximum atomic E-state index is 12.2. The maximum absolute atomic E-state index is 12.2. The zero-order chi connectivity index (χ0) is 16.1. The van der Waals surface area contributed by atoms with Crippen molar-refractivity contribution in [1.82, 2.24) is 4.90 Å². The van der Waals surface area contributed by atoms with Crippen LogP contribution in [-0.2, 0) is 9.59 Å². The molecule has 1 N–H and O–H groups in total. The Hall–Kier alpha value is -2.53. The van der Waals surface area contributed by atoms with Gasteiger partial charge in [-0.1, -0.05) is 34.9 Å². The summed E-state index contributed by atoms with van der Waals surface area (Å²) in [7, 11) is 0. The number of carbonyl (C=O) groups is 2. The van der Waals surface area contributed by atoms with Gasteiger partial charge in [-0.05, 0) is 23.9 Å². The lowest BCUT2D eigenvalue weighted by molar-refractivity contribution is -0.139. The highest BCUT2D eigenvalue weighted by Crippen LogP contribution is 2.31. The highest BCUT2D eigenvalue weighted by Gasteiger charge is 2.35. The molecule has 1 aromatic rings. The fraction of sp³-hybridized carbons (Fsp3) is 0.467. The van der Waals surface area contributed by atoms with E-state index in [1.54, 1.807) is 4.90 Å². The number of carboxylic acids is 1. The highest BCUT2D eigenvalue weighted by atomic mass is 16.4. The minimum Gasteiger partial charge on any atom is -0.481 e. The third-order valence-electron chi connectivity index (χ3n) is 3.81. The van der Waals surface area contributed by atoms with Gasteiger partial charge in [0, 0.05) is 24.4 Å². The summed E-state index contributed by atoms with van der Waals surface area (Å²) in [6.45, 7) is 2.60. The van der Waals surface area contributed by atoms with Gasteiger partial charge < -0.3 is 10.0 Å². The van der Waals surface area contributed by atoms with Crippen LogP contribution in [0.5, 0.6) is 0 Å². The normalized spacial score (nSPS) is 18.9. The van der Waals surface area contributed by atoms with Gasteiger partial charge in [0.1, 0.15) is 0 Å². The van der Waals surface area contributed by atoms with Crippen molar-refractivity contribution in [3.63, 3.8) is 0 Å². The molecule has 1 fully saturated rings. The minimum absolute atomic E-state index is 0.0514. The van der Waals surface area contributed by atoms with Crippen molar-refractivity contribution in [3.8, 4) is 0 Å². The van der Waals surface area contributed by atoms with Gasteiger partial charge in [0.2, 0.25) is 5.91 Å². The zero-order valence-electron chi connectivity index (χ0n) is 12.3. The number of nitrogens with zero attached hydrogens (tertiary/aromatic N) is 4. The molecule has 1 aliphatic heterocycles. The number of hydrogen-bond donors (Lipinski definition) is 1. The summed E-state index contributed by atoms with van der Waals surface area (Å²) in [6.07, 6.45) is 0.157. The predicted molar refractivity (Wildman–Crippen MR) is 80.0 cm³/mol. The minimum atomic E-state index is -0.946. The summed E-state index contributed by atoms with van der Waals surface area (Å²) in [5.41, 5.74) is 10.2. The molecule has 2 atom stereocenters. The van der Waals surface area contributed by atoms with E-state index in [4.69, 9.17) is 10.6 Å². The van der Waals surface area contributed by atoms with Gasteiger partial charge in [0.15, 0.2) is 0 Å². The Balaban J connectivity index is 2.24. The van der Waals surface area contributed by atoms with Crippen molar-refractivity contribution in [2.24, 2.45) is 11.0 Å². The first-order valence-corrected chi connectivity index (χ1v) is 7.10. The van der Waals surface area contributed by atoms with Crippen molar-refractivity contribution in [3.05, 3.63) is 45.8 Å². The number of carbonyl (C=O) groups excluding carboxylic acids is 1. The molecule has 1 aliphatic rings. The van der Waals surface area contributed by atoms with E-state index in [2.05, 4.69) is 10.0 Å². The molecule has 1 saturated heterocycles. The van der Waals surface area contributed by atoms with Gasteiger partial charge in [-0.2, -0.15) is 0 Å². The van der Waals surface area contributed by atoms with Gasteiger partial charge >= 0.3 is 5.97 Å². The zero-order valence-corrected chi connectivity index (χ0v) is 12.3. The molecule has 22 heavy (non-hydrogen) atoms. The van der Waals surface area contributed by atoms with Crippen LogP contribution in [0.15, 0.2) is 29.4 Å². The smallest absolute Gasteiger partial charge is 0.305 e. The Kier molecular flexibility index (Phi) is 5.01. The lowest BCUT2D eigenvalue weighted by Gasteiger charge is -2.27. The molecule has 0 bridgehead atoms. The van der Waals surface area contributed by atoms with Crippen molar-refractivity contribution in [2.75, 3.05) is 13.1 Å². The molecule has 7 heteroatoms. The van der Waals surface area contributed by atoms with Crippen LogP contribution in [-0.4, -0.2) is 35.0 Å². The number of aryl methyl sites for hydroxylation is 1. The Labute approximate surface area is 128 Å².